The SMILES string of the molecule is CN(CC(=O)N1CCCC1)C(=O)C1(C#N)CCCCC1. The Morgan fingerprint density at radius 1 is 1.15 bits per heavy atom. The van der Waals surface area contributed by atoms with E-state index in [9.17, 15) is 14.9 Å². The second kappa shape index (κ2) is 6.25. The van der Waals surface area contributed by atoms with Gasteiger partial charge in [0.1, 0.15) is 5.41 Å². The molecule has 0 unspecified atom stereocenters. The third-order valence-corrected chi connectivity index (χ3v) is 4.51. The average Bonchev–Trinajstić information content (AvgIpc) is 3.01. The van der Waals surface area contributed by atoms with Crippen LogP contribution < -0.4 is 0 Å². The van der Waals surface area contributed by atoms with Gasteiger partial charge in [-0.2, -0.15) is 5.26 Å². The Morgan fingerprint density at radius 3 is 2.30 bits per heavy atom. The minimum atomic E-state index is -0.891. The number of rotatable bonds is 3. The lowest BCUT2D eigenvalue weighted by atomic mass is 9.74. The summed E-state index contributed by atoms with van der Waals surface area (Å²) in [5.74, 6) is -0.172. The first-order valence-electron chi connectivity index (χ1n) is 7.54. The van der Waals surface area contributed by atoms with E-state index in [1.165, 1.54) is 4.90 Å². The van der Waals surface area contributed by atoms with Crippen molar-refractivity contribution in [1.82, 2.24) is 9.80 Å². The smallest absolute Gasteiger partial charge is 0.243 e. The lowest BCUT2D eigenvalue weighted by Gasteiger charge is -2.33. The lowest BCUT2D eigenvalue weighted by Crippen LogP contribution is -2.46. The van der Waals surface area contributed by atoms with Gasteiger partial charge in [-0.25, -0.2) is 0 Å². The van der Waals surface area contributed by atoms with Gasteiger partial charge in [-0.15, -0.1) is 0 Å². The molecule has 1 aliphatic heterocycles. The van der Waals surface area contributed by atoms with Crippen molar-refractivity contribution in [2.45, 2.75) is 44.9 Å². The van der Waals surface area contributed by atoms with E-state index >= 15 is 0 Å². The maximum absolute atomic E-state index is 12.5. The van der Waals surface area contributed by atoms with Gasteiger partial charge in [0.2, 0.25) is 11.8 Å². The molecule has 2 amide bonds. The quantitative estimate of drug-likeness (QED) is 0.786. The Balaban J connectivity index is 1.96. The summed E-state index contributed by atoms with van der Waals surface area (Å²) in [4.78, 5) is 27.9. The summed E-state index contributed by atoms with van der Waals surface area (Å²) in [5.41, 5.74) is -0.891. The first-order valence-corrected chi connectivity index (χ1v) is 7.54. The van der Waals surface area contributed by atoms with Gasteiger partial charge < -0.3 is 9.80 Å². The molecule has 0 bridgehead atoms. The molecule has 0 spiro atoms. The standard InChI is InChI=1S/C15H23N3O2/c1-17(11-13(19)18-9-5-6-10-18)14(20)15(12-16)7-3-2-4-8-15/h2-11H2,1H3. The maximum atomic E-state index is 12.5. The van der Waals surface area contributed by atoms with Gasteiger partial charge >= 0.3 is 0 Å². The summed E-state index contributed by atoms with van der Waals surface area (Å²) in [6.45, 7) is 1.69. The Kier molecular flexibility index (Phi) is 4.64. The van der Waals surface area contributed by atoms with Gasteiger partial charge in [-0.1, -0.05) is 19.3 Å². The third kappa shape index (κ3) is 2.95. The van der Waals surface area contributed by atoms with Crippen molar-refractivity contribution in [3.05, 3.63) is 0 Å². The molecule has 110 valence electrons. The molecule has 20 heavy (non-hydrogen) atoms. The molecule has 1 heterocycles. The molecule has 1 saturated carbocycles. The van der Waals surface area contributed by atoms with E-state index in [4.69, 9.17) is 0 Å². The van der Waals surface area contributed by atoms with Gasteiger partial charge in [0, 0.05) is 20.1 Å². The molecular weight excluding hydrogens is 254 g/mol. The molecule has 1 aliphatic carbocycles. The highest BCUT2D eigenvalue weighted by Crippen LogP contribution is 2.37. The summed E-state index contributed by atoms with van der Waals surface area (Å²) in [5, 5.41) is 9.41. The van der Waals surface area contributed by atoms with E-state index in [2.05, 4.69) is 6.07 Å². The van der Waals surface area contributed by atoms with Crippen molar-refractivity contribution in [3.8, 4) is 6.07 Å². The molecule has 2 rings (SSSR count). The number of likely N-dealkylation sites (N-methyl/N-ethyl adjacent to an activating group) is 1. The average molecular weight is 277 g/mol. The van der Waals surface area contributed by atoms with Crippen LogP contribution in [0.1, 0.15) is 44.9 Å². The zero-order valence-corrected chi connectivity index (χ0v) is 12.2. The summed E-state index contributed by atoms with van der Waals surface area (Å²) < 4.78 is 0. The Morgan fingerprint density at radius 2 is 1.75 bits per heavy atom. The summed E-state index contributed by atoms with van der Waals surface area (Å²) >= 11 is 0. The zero-order valence-electron chi connectivity index (χ0n) is 12.2. The molecule has 5 nitrogen and oxygen atoms in total. The number of hydrogen-bond acceptors (Lipinski definition) is 3. The third-order valence-electron chi connectivity index (χ3n) is 4.51. The number of amides is 2. The molecule has 0 aromatic carbocycles. The number of hydrogen-bond donors (Lipinski definition) is 0. The Labute approximate surface area is 120 Å². The second-order valence-electron chi connectivity index (χ2n) is 6.00. The molecule has 0 aromatic heterocycles. The highest BCUT2D eigenvalue weighted by Gasteiger charge is 2.42. The summed E-state index contributed by atoms with van der Waals surface area (Å²) in [6, 6.07) is 2.22. The summed E-state index contributed by atoms with van der Waals surface area (Å²) in [7, 11) is 1.64. The molecule has 0 radical (unpaired) electrons. The molecule has 1 saturated heterocycles. The fourth-order valence-corrected chi connectivity index (χ4v) is 3.24. The summed E-state index contributed by atoms with van der Waals surface area (Å²) in [6.07, 6.45) is 6.29. The van der Waals surface area contributed by atoms with Crippen LogP contribution in [0.15, 0.2) is 0 Å². The van der Waals surface area contributed by atoms with Crippen LogP contribution in [-0.4, -0.2) is 48.3 Å². The van der Waals surface area contributed by atoms with Crippen molar-refractivity contribution >= 4 is 11.8 Å². The van der Waals surface area contributed by atoms with Crippen LogP contribution in [0.4, 0.5) is 0 Å². The van der Waals surface area contributed by atoms with Gasteiger partial charge in [0.25, 0.3) is 0 Å². The molecule has 0 N–H and O–H groups in total. The predicted molar refractivity (Wildman–Crippen MR) is 74.6 cm³/mol. The highest BCUT2D eigenvalue weighted by atomic mass is 16.2. The monoisotopic (exact) mass is 277 g/mol. The molecule has 2 aliphatic rings. The van der Waals surface area contributed by atoms with Crippen LogP contribution in [0.2, 0.25) is 0 Å². The maximum Gasteiger partial charge on any atom is 0.243 e. The lowest BCUT2D eigenvalue weighted by molar-refractivity contribution is -0.144. The van der Waals surface area contributed by atoms with Crippen molar-refractivity contribution in [1.29, 1.82) is 5.26 Å². The Bertz CT molecular complexity index is 415. The van der Waals surface area contributed by atoms with E-state index < -0.39 is 5.41 Å². The van der Waals surface area contributed by atoms with Crippen molar-refractivity contribution < 1.29 is 9.59 Å². The van der Waals surface area contributed by atoms with Crippen LogP contribution in [0.25, 0.3) is 0 Å². The fraction of sp³-hybridized carbons (Fsp3) is 0.800. The number of nitrogens with zero attached hydrogens (tertiary/aromatic N) is 3. The van der Waals surface area contributed by atoms with Crippen LogP contribution in [0, 0.1) is 16.7 Å². The fourth-order valence-electron chi connectivity index (χ4n) is 3.24. The van der Waals surface area contributed by atoms with Crippen LogP contribution >= 0.6 is 0 Å². The topological polar surface area (TPSA) is 64.4 Å². The first-order chi connectivity index (χ1) is 9.59. The van der Waals surface area contributed by atoms with E-state index in [0.29, 0.717) is 12.8 Å². The van der Waals surface area contributed by atoms with Crippen molar-refractivity contribution in [3.63, 3.8) is 0 Å². The number of carbonyl (C=O) groups excluding carboxylic acids is 2. The van der Waals surface area contributed by atoms with Crippen molar-refractivity contribution in [2.24, 2.45) is 5.41 Å². The Hall–Kier alpha value is -1.57. The number of nitriles is 1. The number of likely N-dealkylation sites (tertiary alicyclic amines) is 1. The van der Waals surface area contributed by atoms with Crippen LogP contribution in [0.5, 0.6) is 0 Å². The minimum absolute atomic E-state index is 0.00208. The number of carbonyl (C=O) groups is 2. The van der Waals surface area contributed by atoms with Gasteiger partial charge in [0.15, 0.2) is 0 Å². The van der Waals surface area contributed by atoms with Gasteiger partial charge in [-0.05, 0) is 25.7 Å². The molecule has 0 atom stereocenters. The zero-order chi connectivity index (χ0) is 14.6. The van der Waals surface area contributed by atoms with Crippen LogP contribution in [-0.2, 0) is 9.59 Å². The van der Waals surface area contributed by atoms with E-state index in [0.717, 1.165) is 45.2 Å². The molecular formula is C15H23N3O2. The highest BCUT2D eigenvalue weighted by molar-refractivity contribution is 5.89. The minimum Gasteiger partial charge on any atom is -0.341 e. The predicted octanol–water partition coefficient (Wildman–Crippen LogP) is 1.54. The molecule has 5 heteroatoms. The first kappa shape index (κ1) is 14.8. The molecule has 0 aromatic rings. The van der Waals surface area contributed by atoms with Crippen LogP contribution in [0.3, 0.4) is 0 Å². The van der Waals surface area contributed by atoms with Crippen molar-refractivity contribution in [2.75, 3.05) is 26.7 Å². The van der Waals surface area contributed by atoms with E-state index in [1.54, 1.807) is 7.05 Å². The molecule has 2 fully saturated rings. The van der Waals surface area contributed by atoms with Gasteiger partial charge in [-0.3, -0.25) is 9.59 Å². The van der Waals surface area contributed by atoms with E-state index in [-0.39, 0.29) is 18.4 Å². The van der Waals surface area contributed by atoms with E-state index in [1.807, 2.05) is 4.90 Å². The second-order valence-corrected chi connectivity index (χ2v) is 6.00. The normalized spacial score (nSPS) is 21.3. The van der Waals surface area contributed by atoms with Gasteiger partial charge in [0.05, 0.1) is 12.6 Å². The largest absolute Gasteiger partial charge is 0.341 e.